The molecule has 0 saturated heterocycles. The van der Waals surface area contributed by atoms with Crippen LogP contribution in [0.3, 0.4) is 0 Å². The van der Waals surface area contributed by atoms with Gasteiger partial charge in [0.1, 0.15) is 19.6 Å². The van der Waals surface area contributed by atoms with E-state index in [-0.39, 0.29) is 0 Å². The maximum atomic E-state index is 5.99. The molecule has 1 unspecified atom stereocenters. The minimum atomic E-state index is 0.839. The van der Waals surface area contributed by atoms with E-state index in [9.17, 15) is 0 Å². The van der Waals surface area contributed by atoms with Gasteiger partial charge < -0.3 is 9.80 Å². The zero-order valence-electron chi connectivity index (χ0n) is 10.5. The summed E-state index contributed by atoms with van der Waals surface area (Å²) in [6, 6.07) is 8.19. The van der Waals surface area contributed by atoms with E-state index in [4.69, 9.17) is 11.6 Å². The fourth-order valence-corrected chi connectivity index (χ4v) is 1.97. The molecule has 0 fully saturated rings. The Bertz CT molecular complexity index is 313. The summed E-state index contributed by atoms with van der Waals surface area (Å²) in [5.41, 5.74) is 1.33. The van der Waals surface area contributed by atoms with Crippen LogP contribution >= 0.6 is 11.6 Å². The van der Waals surface area contributed by atoms with Crippen LogP contribution in [0.4, 0.5) is 0 Å². The summed E-state index contributed by atoms with van der Waals surface area (Å²) in [6.45, 7) is 6.91. The number of benzene rings is 1. The lowest BCUT2D eigenvalue weighted by molar-refractivity contribution is -0.949. The molecular weight excluding hydrogens is 220 g/mol. The number of halogens is 1. The molecule has 0 aromatic heterocycles. The number of hydrogen-bond acceptors (Lipinski definition) is 0. The van der Waals surface area contributed by atoms with Gasteiger partial charge in [-0.2, -0.15) is 0 Å². The molecule has 0 spiro atoms. The summed E-state index contributed by atoms with van der Waals surface area (Å²) in [5.74, 6) is 0. The van der Waals surface area contributed by atoms with Gasteiger partial charge in [0.2, 0.25) is 0 Å². The van der Waals surface area contributed by atoms with Crippen molar-refractivity contribution in [1.82, 2.24) is 0 Å². The number of rotatable bonds is 6. The van der Waals surface area contributed by atoms with Crippen LogP contribution in [0.25, 0.3) is 0 Å². The van der Waals surface area contributed by atoms with E-state index in [0.717, 1.165) is 11.6 Å². The molecule has 0 heterocycles. The van der Waals surface area contributed by atoms with Crippen LogP contribution in [-0.4, -0.2) is 33.7 Å². The van der Waals surface area contributed by atoms with Gasteiger partial charge in [0.15, 0.2) is 0 Å². The number of nitrogens with one attached hydrogen (secondary N) is 2. The van der Waals surface area contributed by atoms with Gasteiger partial charge in [-0.05, 0) is 19.1 Å². The molecule has 3 heteroatoms. The van der Waals surface area contributed by atoms with Crippen LogP contribution in [0, 0.1) is 0 Å². The Morgan fingerprint density at radius 1 is 1.19 bits per heavy atom. The highest BCUT2D eigenvalue weighted by atomic mass is 35.5. The van der Waals surface area contributed by atoms with Crippen molar-refractivity contribution >= 4 is 11.6 Å². The average molecular weight is 243 g/mol. The van der Waals surface area contributed by atoms with Crippen molar-refractivity contribution in [2.45, 2.75) is 13.5 Å². The maximum absolute atomic E-state index is 5.99. The van der Waals surface area contributed by atoms with Gasteiger partial charge in [0, 0.05) is 10.6 Å². The molecule has 0 amide bonds. The molecule has 2 nitrogen and oxygen atoms in total. The first kappa shape index (κ1) is 13.5. The smallest absolute Gasteiger partial charge is 0.127 e. The van der Waals surface area contributed by atoms with E-state index in [1.807, 2.05) is 12.1 Å². The Morgan fingerprint density at radius 2 is 1.94 bits per heavy atom. The second-order valence-electron chi connectivity index (χ2n) is 4.62. The van der Waals surface area contributed by atoms with E-state index in [2.05, 4.69) is 33.2 Å². The summed E-state index contributed by atoms with van der Waals surface area (Å²) in [4.78, 5) is 3.13. The third-order valence-electron chi connectivity index (χ3n) is 2.82. The molecule has 0 saturated carbocycles. The first-order chi connectivity index (χ1) is 7.61. The lowest BCUT2D eigenvalue weighted by Gasteiger charge is -2.18. The lowest BCUT2D eigenvalue weighted by Crippen LogP contribution is -3.17. The first-order valence-electron chi connectivity index (χ1n) is 5.99. The summed E-state index contributed by atoms with van der Waals surface area (Å²) >= 11 is 5.99. The van der Waals surface area contributed by atoms with Crippen molar-refractivity contribution in [3.05, 3.63) is 34.9 Å². The van der Waals surface area contributed by atoms with Crippen molar-refractivity contribution in [3.63, 3.8) is 0 Å². The average Bonchev–Trinajstić information content (AvgIpc) is 2.24. The van der Waals surface area contributed by atoms with Crippen molar-refractivity contribution in [2.75, 3.05) is 33.7 Å². The molecule has 16 heavy (non-hydrogen) atoms. The zero-order chi connectivity index (χ0) is 12.0. The quantitative estimate of drug-likeness (QED) is 0.689. The topological polar surface area (TPSA) is 8.88 Å². The van der Waals surface area contributed by atoms with Crippen molar-refractivity contribution in [1.29, 1.82) is 0 Å². The summed E-state index contributed by atoms with van der Waals surface area (Å²) in [6.07, 6.45) is 0. The summed E-state index contributed by atoms with van der Waals surface area (Å²) in [7, 11) is 4.40. The molecule has 0 aliphatic heterocycles. The fraction of sp³-hybridized carbons (Fsp3) is 0.538. The van der Waals surface area contributed by atoms with Gasteiger partial charge in [-0.25, -0.2) is 0 Å². The Hall–Kier alpha value is -0.570. The normalized spacial score (nSPS) is 13.1. The minimum Gasteiger partial charge on any atom is -0.335 e. The zero-order valence-corrected chi connectivity index (χ0v) is 11.3. The van der Waals surface area contributed by atoms with Gasteiger partial charge in [-0.3, -0.25) is 0 Å². The predicted molar refractivity (Wildman–Crippen MR) is 69.2 cm³/mol. The Kier molecular flexibility index (Phi) is 5.81. The molecule has 90 valence electrons. The van der Waals surface area contributed by atoms with E-state index in [1.165, 1.54) is 30.1 Å². The third kappa shape index (κ3) is 4.97. The van der Waals surface area contributed by atoms with Gasteiger partial charge in [0.25, 0.3) is 0 Å². The number of likely N-dealkylation sites (N-methyl/N-ethyl adjacent to an activating group) is 2. The monoisotopic (exact) mass is 242 g/mol. The highest BCUT2D eigenvalue weighted by Gasteiger charge is 2.09. The molecule has 1 rings (SSSR count). The first-order valence-corrected chi connectivity index (χ1v) is 6.36. The van der Waals surface area contributed by atoms with E-state index < -0.39 is 0 Å². The van der Waals surface area contributed by atoms with Crippen molar-refractivity contribution < 1.29 is 9.80 Å². The second kappa shape index (κ2) is 6.89. The molecule has 0 aliphatic carbocycles. The standard InChI is InChI=1S/C13H21ClN2/c1-4-16(9-8-15(2)3)11-12-6-5-7-13(14)10-12/h5-7,10H,4,8-9,11H2,1-3H3/p+2. The minimum absolute atomic E-state index is 0.839. The van der Waals surface area contributed by atoms with Crippen molar-refractivity contribution in [3.8, 4) is 0 Å². The van der Waals surface area contributed by atoms with E-state index >= 15 is 0 Å². The van der Waals surface area contributed by atoms with Crippen molar-refractivity contribution in [2.24, 2.45) is 0 Å². The Balaban J connectivity index is 2.49. The van der Waals surface area contributed by atoms with Crippen LogP contribution in [0.1, 0.15) is 12.5 Å². The molecule has 0 bridgehead atoms. The maximum Gasteiger partial charge on any atom is 0.127 e. The molecular formula is C13H23ClN2+2. The lowest BCUT2D eigenvalue weighted by atomic mass is 10.2. The van der Waals surface area contributed by atoms with E-state index in [0.29, 0.717) is 0 Å². The third-order valence-corrected chi connectivity index (χ3v) is 3.06. The number of quaternary nitrogens is 2. The molecule has 1 aromatic carbocycles. The van der Waals surface area contributed by atoms with Gasteiger partial charge >= 0.3 is 0 Å². The molecule has 1 aromatic rings. The molecule has 0 radical (unpaired) electrons. The fourth-order valence-electron chi connectivity index (χ4n) is 1.75. The van der Waals surface area contributed by atoms with Crippen LogP contribution in [0.15, 0.2) is 24.3 Å². The number of hydrogen-bond donors (Lipinski definition) is 2. The van der Waals surface area contributed by atoms with Gasteiger partial charge in [-0.1, -0.05) is 23.7 Å². The SMILES string of the molecule is CC[NH+](CC[NH+](C)C)Cc1cccc(Cl)c1. The Labute approximate surface area is 104 Å². The predicted octanol–water partition coefficient (Wildman–Crippen LogP) is -0.111. The summed E-state index contributed by atoms with van der Waals surface area (Å²) in [5, 5.41) is 0.839. The highest BCUT2D eigenvalue weighted by molar-refractivity contribution is 6.30. The van der Waals surface area contributed by atoms with E-state index in [1.54, 1.807) is 4.90 Å². The highest BCUT2D eigenvalue weighted by Crippen LogP contribution is 2.09. The van der Waals surface area contributed by atoms with Gasteiger partial charge in [0.05, 0.1) is 20.6 Å². The molecule has 1 atom stereocenters. The molecule has 0 aliphatic rings. The van der Waals surface area contributed by atoms with Crippen LogP contribution in [0.2, 0.25) is 5.02 Å². The second-order valence-corrected chi connectivity index (χ2v) is 5.05. The van der Waals surface area contributed by atoms with Gasteiger partial charge in [-0.15, -0.1) is 0 Å². The molecule has 2 N–H and O–H groups in total. The van der Waals surface area contributed by atoms with Crippen LogP contribution in [-0.2, 0) is 6.54 Å². The summed E-state index contributed by atoms with van der Waals surface area (Å²) < 4.78 is 0. The largest absolute Gasteiger partial charge is 0.335 e. The Morgan fingerprint density at radius 3 is 2.50 bits per heavy atom. The van der Waals surface area contributed by atoms with Crippen LogP contribution in [0.5, 0.6) is 0 Å². The van der Waals surface area contributed by atoms with Crippen LogP contribution < -0.4 is 9.80 Å².